The summed E-state index contributed by atoms with van der Waals surface area (Å²) < 4.78 is 1.89. The third kappa shape index (κ3) is 2.53. The van der Waals surface area contributed by atoms with Gasteiger partial charge in [0.1, 0.15) is 5.54 Å². The van der Waals surface area contributed by atoms with Gasteiger partial charge in [0, 0.05) is 18.9 Å². The fourth-order valence-electron chi connectivity index (χ4n) is 1.66. The molecule has 0 saturated carbocycles. The SMILES string of the molecule is CCCC(C)(Nc1nccn1CC)C(=O)O. The molecule has 5 nitrogen and oxygen atoms in total. The van der Waals surface area contributed by atoms with E-state index in [-0.39, 0.29) is 0 Å². The molecule has 1 atom stereocenters. The molecule has 0 radical (unpaired) electrons. The normalized spacial score (nSPS) is 14.4. The molecule has 0 aliphatic carbocycles. The lowest BCUT2D eigenvalue weighted by Gasteiger charge is -2.26. The van der Waals surface area contributed by atoms with E-state index in [2.05, 4.69) is 10.3 Å². The minimum atomic E-state index is -0.951. The van der Waals surface area contributed by atoms with Crippen molar-refractivity contribution in [3.05, 3.63) is 12.4 Å². The number of nitrogens with zero attached hydrogens (tertiary/aromatic N) is 2. The van der Waals surface area contributed by atoms with Gasteiger partial charge in [0.15, 0.2) is 0 Å². The molecule has 0 spiro atoms. The van der Waals surface area contributed by atoms with Crippen LogP contribution in [0.1, 0.15) is 33.6 Å². The Balaban J connectivity index is 2.87. The van der Waals surface area contributed by atoms with Gasteiger partial charge in [0.25, 0.3) is 0 Å². The summed E-state index contributed by atoms with van der Waals surface area (Å²) >= 11 is 0. The van der Waals surface area contributed by atoms with Crippen LogP contribution >= 0.6 is 0 Å². The average molecular weight is 225 g/mol. The summed E-state index contributed by atoms with van der Waals surface area (Å²) in [6, 6.07) is 0. The molecule has 0 aromatic carbocycles. The van der Waals surface area contributed by atoms with Crippen molar-refractivity contribution in [2.24, 2.45) is 0 Å². The molecule has 0 saturated heterocycles. The van der Waals surface area contributed by atoms with Crippen LogP contribution in [0.15, 0.2) is 12.4 Å². The minimum absolute atomic E-state index is 0.568. The fourth-order valence-corrected chi connectivity index (χ4v) is 1.66. The molecule has 2 N–H and O–H groups in total. The maximum Gasteiger partial charge on any atom is 0.329 e. The first kappa shape index (κ1) is 12.5. The van der Waals surface area contributed by atoms with Crippen LogP contribution < -0.4 is 5.32 Å². The lowest BCUT2D eigenvalue weighted by Crippen LogP contribution is -2.44. The second-order valence-corrected chi connectivity index (χ2v) is 4.05. The van der Waals surface area contributed by atoms with E-state index in [1.165, 1.54) is 0 Å². The molecular formula is C11H19N3O2. The van der Waals surface area contributed by atoms with Gasteiger partial charge in [-0.05, 0) is 20.3 Å². The summed E-state index contributed by atoms with van der Waals surface area (Å²) in [5.74, 6) is -0.235. The number of anilines is 1. The standard InChI is InChI=1S/C11H19N3O2/c1-4-6-11(3,9(15)16)13-10-12-7-8-14(10)5-2/h7-8H,4-6H2,1-3H3,(H,12,13)(H,15,16). The van der Waals surface area contributed by atoms with E-state index < -0.39 is 11.5 Å². The number of carboxylic acids is 1. The minimum Gasteiger partial charge on any atom is -0.480 e. The second-order valence-electron chi connectivity index (χ2n) is 4.05. The molecule has 5 heteroatoms. The Kier molecular flexibility index (Phi) is 3.93. The monoisotopic (exact) mass is 225 g/mol. The molecule has 1 aromatic rings. The highest BCUT2D eigenvalue weighted by Gasteiger charge is 2.33. The fraction of sp³-hybridized carbons (Fsp3) is 0.636. The molecule has 1 rings (SSSR count). The van der Waals surface area contributed by atoms with Gasteiger partial charge in [0.05, 0.1) is 0 Å². The average Bonchev–Trinajstić information content (AvgIpc) is 2.65. The Morgan fingerprint density at radius 3 is 2.81 bits per heavy atom. The summed E-state index contributed by atoms with van der Waals surface area (Å²) in [5, 5.41) is 12.2. The van der Waals surface area contributed by atoms with Crippen molar-refractivity contribution in [1.82, 2.24) is 9.55 Å². The van der Waals surface area contributed by atoms with Gasteiger partial charge in [-0.3, -0.25) is 0 Å². The van der Waals surface area contributed by atoms with Crippen LogP contribution in [0.2, 0.25) is 0 Å². The zero-order valence-electron chi connectivity index (χ0n) is 10.0. The van der Waals surface area contributed by atoms with E-state index in [1.54, 1.807) is 13.1 Å². The first-order valence-electron chi connectivity index (χ1n) is 5.56. The predicted octanol–water partition coefficient (Wildman–Crippen LogP) is 1.96. The molecule has 16 heavy (non-hydrogen) atoms. The Morgan fingerprint density at radius 1 is 1.62 bits per heavy atom. The number of nitrogens with one attached hydrogen (secondary N) is 1. The summed E-state index contributed by atoms with van der Waals surface area (Å²) in [6.07, 6.45) is 4.87. The van der Waals surface area contributed by atoms with Crippen molar-refractivity contribution in [2.45, 2.75) is 45.7 Å². The molecule has 0 fully saturated rings. The molecule has 1 heterocycles. The predicted molar refractivity (Wildman–Crippen MR) is 62.5 cm³/mol. The summed E-state index contributed by atoms with van der Waals surface area (Å²) in [6.45, 7) is 6.41. The van der Waals surface area contributed by atoms with E-state index in [0.29, 0.717) is 12.4 Å². The van der Waals surface area contributed by atoms with Gasteiger partial charge < -0.3 is 15.0 Å². The Morgan fingerprint density at radius 2 is 2.31 bits per heavy atom. The lowest BCUT2D eigenvalue weighted by molar-refractivity contribution is -0.142. The van der Waals surface area contributed by atoms with Crippen LogP contribution in [0.3, 0.4) is 0 Å². The van der Waals surface area contributed by atoms with Crippen molar-refractivity contribution in [3.63, 3.8) is 0 Å². The molecule has 1 unspecified atom stereocenters. The van der Waals surface area contributed by atoms with Crippen LogP contribution in [0.25, 0.3) is 0 Å². The van der Waals surface area contributed by atoms with Crippen LogP contribution in [0, 0.1) is 0 Å². The second kappa shape index (κ2) is 5.01. The van der Waals surface area contributed by atoms with Crippen LogP contribution in [-0.2, 0) is 11.3 Å². The Hall–Kier alpha value is -1.52. The van der Waals surface area contributed by atoms with Gasteiger partial charge >= 0.3 is 5.97 Å². The number of aliphatic carboxylic acids is 1. The third-order valence-electron chi connectivity index (χ3n) is 2.67. The number of hydrogen-bond acceptors (Lipinski definition) is 3. The van der Waals surface area contributed by atoms with Crippen LogP contribution in [-0.4, -0.2) is 26.2 Å². The lowest BCUT2D eigenvalue weighted by atomic mass is 9.97. The number of rotatable bonds is 6. The van der Waals surface area contributed by atoms with Gasteiger partial charge in [0.2, 0.25) is 5.95 Å². The Bertz CT molecular complexity index is 362. The molecular weight excluding hydrogens is 206 g/mol. The number of carboxylic acid groups (broad SMARTS) is 1. The number of imidazole rings is 1. The molecule has 90 valence electrons. The van der Waals surface area contributed by atoms with Gasteiger partial charge in [-0.15, -0.1) is 0 Å². The largest absolute Gasteiger partial charge is 0.480 e. The van der Waals surface area contributed by atoms with Crippen LogP contribution in [0.5, 0.6) is 0 Å². The van der Waals surface area contributed by atoms with E-state index >= 15 is 0 Å². The maximum atomic E-state index is 11.2. The maximum absolute atomic E-state index is 11.2. The number of aryl methyl sites for hydroxylation is 1. The topological polar surface area (TPSA) is 67.2 Å². The summed E-state index contributed by atoms with van der Waals surface area (Å²) in [4.78, 5) is 15.4. The van der Waals surface area contributed by atoms with Crippen molar-refractivity contribution in [3.8, 4) is 0 Å². The van der Waals surface area contributed by atoms with Gasteiger partial charge in [-0.2, -0.15) is 0 Å². The number of carbonyl (C=O) groups is 1. The first-order valence-corrected chi connectivity index (χ1v) is 5.56. The van der Waals surface area contributed by atoms with Gasteiger partial charge in [-0.1, -0.05) is 13.3 Å². The highest BCUT2D eigenvalue weighted by molar-refractivity contribution is 5.81. The van der Waals surface area contributed by atoms with Gasteiger partial charge in [-0.25, -0.2) is 9.78 Å². The molecule has 0 aliphatic rings. The molecule has 0 aliphatic heterocycles. The van der Waals surface area contributed by atoms with Crippen molar-refractivity contribution in [2.75, 3.05) is 5.32 Å². The quantitative estimate of drug-likeness (QED) is 0.776. The summed E-state index contributed by atoms with van der Waals surface area (Å²) in [7, 11) is 0. The van der Waals surface area contributed by atoms with E-state index in [0.717, 1.165) is 13.0 Å². The highest BCUT2D eigenvalue weighted by atomic mass is 16.4. The molecule has 1 aromatic heterocycles. The van der Waals surface area contributed by atoms with E-state index in [4.69, 9.17) is 0 Å². The number of aromatic nitrogens is 2. The third-order valence-corrected chi connectivity index (χ3v) is 2.67. The zero-order valence-corrected chi connectivity index (χ0v) is 10.0. The molecule has 0 bridgehead atoms. The number of hydrogen-bond donors (Lipinski definition) is 2. The van der Waals surface area contributed by atoms with E-state index in [1.807, 2.05) is 24.6 Å². The highest BCUT2D eigenvalue weighted by Crippen LogP contribution is 2.19. The van der Waals surface area contributed by atoms with Crippen molar-refractivity contribution < 1.29 is 9.90 Å². The first-order chi connectivity index (χ1) is 7.53. The van der Waals surface area contributed by atoms with Crippen LogP contribution in [0.4, 0.5) is 5.95 Å². The van der Waals surface area contributed by atoms with Crippen molar-refractivity contribution in [1.29, 1.82) is 0 Å². The smallest absolute Gasteiger partial charge is 0.329 e. The molecule has 0 amide bonds. The van der Waals surface area contributed by atoms with Crippen molar-refractivity contribution >= 4 is 11.9 Å². The summed E-state index contributed by atoms with van der Waals surface area (Å²) in [5.41, 5.74) is -0.951. The zero-order chi connectivity index (χ0) is 12.2. The van der Waals surface area contributed by atoms with E-state index in [9.17, 15) is 9.90 Å². The Labute approximate surface area is 95.5 Å².